The quantitative estimate of drug-likeness (QED) is 0.603. The van der Waals surface area contributed by atoms with Gasteiger partial charge in [0, 0.05) is 15.9 Å². The van der Waals surface area contributed by atoms with Gasteiger partial charge in [0.05, 0.1) is 0 Å². The smallest absolute Gasteiger partial charge is 0.0358 e. The second-order valence-corrected chi connectivity index (χ2v) is 5.78. The van der Waals surface area contributed by atoms with Crippen molar-refractivity contribution in [2.75, 3.05) is 0 Å². The molecular formula is C9H17BrNO-. The molecule has 1 aliphatic heterocycles. The summed E-state index contributed by atoms with van der Waals surface area (Å²) >= 11 is 3.60. The standard InChI is InChI=1S/C9H17BrNO/c1-6-7(10)9(4,5)11(12)8(6,2)3/h6-7H,1-5H3/q-1. The summed E-state index contributed by atoms with van der Waals surface area (Å²) in [6.45, 7) is 10.1. The summed E-state index contributed by atoms with van der Waals surface area (Å²) in [5, 5.41) is 13.1. The molecule has 0 spiro atoms. The molecule has 1 heterocycles. The zero-order chi connectivity index (χ0) is 9.73. The molecule has 12 heavy (non-hydrogen) atoms. The minimum Gasteiger partial charge on any atom is -0.784 e. The van der Waals surface area contributed by atoms with Crippen molar-refractivity contribution < 1.29 is 0 Å². The fourth-order valence-corrected chi connectivity index (χ4v) is 2.84. The lowest BCUT2D eigenvalue weighted by atomic mass is 9.89. The van der Waals surface area contributed by atoms with Crippen LogP contribution in [0.1, 0.15) is 34.6 Å². The summed E-state index contributed by atoms with van der Waals surface area (Å²) < 4.78 is 0. The van der Waals surface area contributed by atoms with E-state index in [9.17, 15) is 5.21 Å². The lowest BCUT2D eigenvalue weighted by Crippen LogP contribution is -2.46. The van der Waals surface area contributed by atoms with Crippen LogP contribution in [-0.4, -0.2) is 21.0 Å². The maximum Gasteiger partial charge on any atom is 0.0358 e. The molecule has 1 saturated heterocycles. The lowest BCUT2D eigenvalue weighted by Gasteiger charge is -2.47. The molecule has 1 rings (SSSR count). The molecule has 1 fully saturated rings. The van der Waals surface area contributed by atoms with Crippen LogP contribution in [0.15, 0.2) is 0 Å². The third kappa shape index (κ3) is 1.14. The number of hydroxylamine groups is 2. The number of hydrogen-bond acceptors (Lipinski definition) is 2. The molecule has 2 nitrogen and oxygen atoms in total. The van der Waals surface area contributed by atoms with E-state index in [0.29, 0.717) is 5.92 Å². The van der Waals surface area contributed by atoms with Crippen LogP contribution in [0.2, 0.25) is 0 Å². The highest BCUT2D eigenvalue weighted by Gasteiger charge is 2.50. The Labute approximate surface area is 83.0 Å². The van der Waals surface area contributed by atoms with Crippen molar-refractivity contribution in [3.05, 3.63) is 5.21 Å². The first-order chi connectivity index (χ1) is 5.22. The van der Waals surface area contributed by atoms with Gasteiger partial charge in [-0.2, -0.15) is 0 Å². The summed E-state index contributed by atoms with van der Waals surface area (Å²) in [5.74, 6) is 0.380. The average Bonchev–Trinajstić information content (AvgIpc) is 2.06. The van der Waals surface area contributed by atoms with E-state index < -0.39 is 0 Å². The van der Waals surface area contributed by atoms with Crippen molar-refractivity contribution in [3.8, 4) is 0 Å². The van der Waals surface area contributed by atoms with Crippen LogP contribution in [0.5, 0.6) is 0 Å². The van der Waals surface area contributed by atoms with Gasteiger partial charge >= 0.3 is 0 Å². The number of alkyl halides is 1. The van der Waals surface area contributed by atoms with Crippen molar-refractivity contribution >= 4 is 15.9 Å². The first-order valence-corrected chi connectivity index (χ1v) is 5.25. The molecule has 0 aromatic rings. The molecule has 0 amide bonds. The van der Waals surface area contributed by atoms with E-state index >= 15 is 0 Å². The lowest BCUT2D eigenvalue weighted by molar-refractivity contribution is 0.132. The first kappa shape index (κ1) is 10.5. The SMILES string of the molecule is CC1C(Br)C(C)(C)N([O-])C1(C)C. The van der Waals surface area contributed by atoms with E-state index in [1.165, 1.54) is 5.06 Å². The summed E-state index contributed by atoms with van der Waals surface area (Å²) in [6, 6.07) is 0. The monoisotopic (exact) mass is 234 g/mol. The van der Waals surface area contributed by atoms with Gasteiger partial charge in [0.25, 0.3) is 0 Å². The normalized spacial score (nSPS) is 40.2. The molecule has 0 N–H and O–H groups in total. The Bertz CT molecular complexity index is 171. The fraction of sp³-hybridized carbons (Fsp3) is 1.00. The van der Waals surface area contributed by atoms with Crippen LogP contribution >= 0.6 is 15.9 Å². The van der Waals surface area contributed by atoms with Crippen molar-refractivity contribution in [2.24, 2.45) is 5.92 Å². The maximum atomic E-state index is 11.9. The minimum atomic E-state index is -0.289. The summed E-state index contributed by atoms with van der Waals surface area (Å²) in [4.78, 5) is 0.275. The van der Waals surface area contributed by atoms with Crippen molar-refractivity contribution in [1.82, 2.24) is 5.06 Å². The molecule has 3 heteroatoms. The predicted octanol–water partition coefficient (Wildman–Crippen LogP) is 2.76. The Morgan fingerprint density at radius 1 is 1.17 bits per heavy atom. The first-order valence-electron chi connectivity index (χ1n) is 4.34. The predicted molar refractivity (Wildman–Crippen MR) is 55.2 cm³/mol. The average molecular weight is 235 g/mol. The Hall–Kier alpha value is 0.400. The molecular weight excluding hydrogens is 218 g/mol. The molecule has 1 aliphatic rings. The largest absolute Gasteiger partial charge is 0.784 e. The fourth-order valence-electron chi connectivity index (χ4n) is 2.01. The maximum absolute atomic E-state index is 11.9. The topological polar surface area (TPSA) is 26.3 Å². The number of rotatable bonds is 0. The van der Waals surface area contributed by atoms with Gasteiger partial charge in [0.1, 0.15) is 0 Å². The zero-order valence-corrected chi connectivity index (χ0v) is 9.97. The van der Waals surface area contributed by atoms with Gasteiger partial charge in [-0.1, -0.05) is 22.9 Å². The minimum absolute atomic E-state index is 0.252. The molecule has 72 valence electrons. The van der Waals surface area contributed by atoms with E-state index in [4.69, 9.17) is 0 Å². The second kappa shape index (κ2) is 2.69. The van der Waals surface area contributed by atoms with Gasteiger partial charge in [0.2, 0.25) is 0 Å². The summed E-state index contributed by atoms with van der Waals surface area (Å²) in [6.07, 6.45) is 0. The van der Waals surface area contributed by atoms with E-state index in [0.717, 1.165) is 0 Å². The third-order valence-corrected chi connectivity index (χ3v) is 5.19. The van der Waals surface area contributed by atoms with Crippen LogP contribution in [-0.2, 0) is 0 Å². The van der Waals surface area contributed by atoms with Gasteiger partial charge in [-0.3, -0.25) is 0 Å². The Morgan fingerprint density at radius 2 is 1.58 bits per heavy atom. The Balaban J connectivity index is 3.03. The van der Waals surface area contributed by atoms with Crippen LogP contribution in [0.25, 0.3) is 0 Å². The van der Waals surface area contributed by atoms with Gasteiger partial charge in [-0.05, 0) is 33.6 Å². The number of nitrogens with zero attached hydrogens (tertiary/aromatic N) is 1. The Kier molecular flexibility index (Phi) is 2.35. The van der Waals surface area contributed by atoms with E-state index in [1.807, 2.05) is 27.7 Å². The van der Waals surface area contributed by atoms with Crippen LogP contribution < -0.4 is 0 Å². The van der Waals surface area contributed by atoms with Crippen LogP contribution in [0, 0.1) is 11.1 Å². The van der Waals surface area contributed by atoms with Gasteiger partial charge in [-0.25, -0.2) is 0 Å². The van der Waals surface area contributed by atoms with Crippen LogP contribution in [0.4, 0.5) is 0 Å². The molecule has 0 radical (unpaired) electrons. The van der Waals surface area contributed by atoms with Crippen molar-refractivity contribution in [3.63, 3.8) is 0 Å². The van der Waals surface area contributed by atoms with Crippen molar-refractivity contribution in [1.29, 1.82) is 0 Å². The number of halogens is 1. The highest BCUT2D eigenvalue weighted by molar-refractivity contribution is 9.09. The zero-order valence-electron chi connectivity index (χ0n) is 8.39. The molecule has 2 unspecified atom stereocenters. The van der Waals surface area contributed by atoms with Gasteiger partial charge in [-0.15, -0.1) is 0 Å². The Morgan fingerprint density at radius 3 is 1.67 bits per heavy atom. The molecule has 2 atom stereocenters. The molecule has 0 aliphatic carbocycles. The number of hydrogen-bond donors (Lipinski definition) is 0. The van der Waals surface area contributed by atoms with E-state index in [2.05, 4.69) is 22.9 Å². The second-order valence-electron chi connectivity index (χ2n) is 4.79. The van der Waals surface area contributed by atoms with Crippen molar-refractivity contribution in [2.45, 2.75) is 50.5 Å². The highest BCUT2D eigenvalue weighted by atomic mass is 79.9. The third-order valence-electron chi connectivity index (χ3n) is 3.28. The summed E-state index contributed by atoms with van der Waals surface area (Å²) in [5.41, 5.74) is -0.541. The van der Waals surface area contributed by atoms with Crippen LogP contribution in [0.3, 0.4) is 0 Å². The summed E-state index contributed by atoms with van der Waals surface area (Å²) in [7, 11) is 0. The van der Waals surface area contributed by atoms with E-state index in [1.54, 1.807) is 0 Å². The van der Waals surface area contributed by atoms with Gasteiger partial charge < -0.3 is 10.3 Å². The van der Waals surface area contributed by atoms with E-state index in [-0.39, 0.29) is 15.9 Å². The molecule has 0 bridgehead atoms. The highest BCUT2D eigenvalue weighted by Crippen LogP contribution is 2.47. The molecule has 0 aromatic carbocycles. The molecule has 0 aromatic heterocycles. The van der Waals surface area contributed by atoms with Gasteiger partial charge in [0.15, 0.2) is 0 Å². The molecule has 0 saturated carbocycles.